The van der Waals surface area contributed by atoms with Gasteiger partial charge in [-0.05, 0) is 43.7 Å². The first kappa shape index (κ1) is 15.1. The SMILES string of the molecule is CC(C)(CC(=O)O)CC(O)c1scc(Br)c1Br. The van der Waals surface area contributed by atoms with Crippen LogP contribution in [0, 0.1) is 5.41 Å². The highest BCUT2D eigenvalue weighted by atomic mass is 79.9. The van der Waals surface area contributed by atoms with E-state index >= 15 is 0 Å². The lowest BCUT2D eigenvalue weighted by Crippen LogP contribution is -2.19. The van der Waals surface area contributed by atoms with Crippen LogP contribution in [0.4, 0.5) is 0 Å². The first-order valence-electron chi connectivity index (χ1n) is 5.05. The number of thiophene rings is 1. The maximum absolute atomic E-state index is 10.7. The van der Waals surface area contributed by atoms with Gasteiger partial charge in [0.1, 0.15) is 0 Å². The van der Waals surface area contributed by atoms with Crippen molar-refractivity contribution in [1.82, 2.24) is 0 Å². The molecule has 0 spiro atoms. The molecule has 0 bridgehead atoms. The Labute approximate surface area is 121 Å². The number of carboxylic acid groups (broad SMARTS) is 1. The molecule has 17 heavy (non-hydrogen) atoms. The molecule has 0 aliphatic heterocycles. The van der Waals surface area contributed by atoms with Crippen LogP contribution in [0.5, 0.6) is 0 Å². The Bertz CT molecular complexity index is 415. The summed E-state index contributed by atoms with van der Waals surface area (Å²) in [6.45, 7) is 3.70. The average molecular weight is 386 g/mol. The van der Waals surface area contributed by atoms with Crippen molar-refractivity contribution in [2.24, 2.45) is 5.41 Å². The molecule has 1 aromatic heterocycles. The Morgan fingerprint density at radius 1 is 1.53 bits per heavy atom. The Kier molecular flexibility index (Phi) is 5.19. The minimum atomic E-state index is -0.839. The van der Waals surface area contributed by atoms with E-state index in [2.05, 4.69) is 31.9 Å². The lowest BCUT2D eigenvalue weighted by atomic mass is 9.83. The molecular formula is C11H14Br2O3S. The second kappa shape index (κ2) is 5.82. The predicted octanol–water partition coefficient (Wildman–Crippen LogP) is 4.20. The number of aliphatic carboxylic acids is 1. The summed E-state index contributed by atoms with van der Waals surface area (Å²) in [6.07, 6.45) is -0.172. The van der Waals surface area contributed by atoms with Gasteiger partial charge in [-0.15, -0.1) is 11.3 Å². The number of aliphatic hydroxyl groups is 1. The fourth-order valence-corrected chi connectivity index (χ4v) is 3.90. The molecule has 0 fully saturated rings. The van der Waals surface area contributed by atoms with Gasteiger partial charge in [0.2, 0.25) is 0 Å². The molecule has 0 aromatic carbocycles. The van der Waals surface area contributed by atoms with Gasteiger partial charge in [-0.2, -0.15) is 0 Å². The zero-order valence-electron chi connectivity index (χ0n) is 9.54. The number of hydrogen-bond donors (Lipinski definition) is 2. The molecule has 6 heteroatoms. The fourth-order valence-electron chi connectivity index (χ4n) is 1.66. The Morgan fingerprint density at radius 3 is 2.53 bits per heavy atom. The van der Waals surface area contributed by atoms with E-state index in [1.165, 1.54) is 11.3 Å². The average Bonchev–Trinajstić information content (AvgIpc) is 2.44. The zero-order valence-corrected chi connectivity index (χ0v) is 13.5. The highest BCUT2D eigenvalue weighted by Gasteiger charge is 2.27. The van der Waals surface area contributed by atoms with Gasteiger partial charge in [-0.25, -0.2) is 0 Å². The largest absolute Gasteiger partial charge is 0.481 e. The van der Waals surface area contributed by atoms with Gasteiger partial charge >= 0.3 is 5.97 Å². The second-order valence-corrected chi connectivity index (χ2v) is 7.28. The van der Waals surface area contributed by atoms with Crippen LogP contribution in [0.15, 0.2) is 14.3 Å². The molecule has 0 aliphatic rings. The fraction of sp³-hybridized carbons (Fsp3) is 0.545. The monoisotopic (exact) mass is 384 g/mol. The van der Waals surface area contributed by atoms with E-state index in [4.69, 9.17) is 5.11 Å². The molecule has 0 aliphatic carbocycles. The number of halogens is 2. The molecule has 1 aromatic rings. The molecule has 1 rings (SSSR count). The van der Waals surface area contributed by atoms with Gasteiger partial charge in [-0.1, -0.05) is 13.8 Å². The van der Waals surface area contributed by atoms with Crippen LogP contribution < -0.4 is 0 Å². The van der Waals surface area contributed by atoms with Gasteiger partial charge in [0.25, 0.3) is 0 Å². The summed E-state index contributed by atoms with van der Waals surface area (Å²) in [5.74, 6) is -0.839. The summed E-state index contributed by atoms with van der Waals surface area (Å²) in [5, 5.41) is 20.8. The van der Waals surface area contributed by atoms with E-state index in [0.29, 0.717) is 6.42 Å². The summed E-state index contributed by atoms with van der Waals surface area (Å²) in [6, 6.07) is 0. The van der Waals surface area contributed by atoms with Crippen molar-refractivity contribution in [3.05, 3.63) is 19.2 Å². The van der Waals surface area contributed by atoms with E-state index in [1.54, 1.807) is 0 Å². The van der Waals surface area contributed by atoms with Crippen molar-refractivity contribution >= 4 is 49.2 Å². The van der Waals surface area contributed by atoms with Crippen molar-refractivity contribution in [1.29, 1.82) is 0 Å². The van der Waals surface area contributed by atoms with E-state index in [1.807, 2.05) is 19.2 Å². The van der Waals surface area contributed by atoms with Crippen LogP contribution in [-0.4, -0.2) is 16.2 Å². The third-order valence-electron chi connectivity index (χ3n) is 2.39. The molecule has 1 atom stereocenters. The number of carboxylic acids is 1. The van der Waals surface area contributed by atoms with Crippen LogP contribution in [0.25, 0.3) is 0 Å². The minimum absolute atomic E-state index is 0.0498. The van der Waals surface area contributed by atoms with E-state index < -0.39 is 17.5 Å². The molecule has 96 valence electrons. The van der Waals surface area contributed by atoms with Gasteiger partial charge in [0.15, 0.2) is 0 Å². The molecule has 2 N–H and O–H groups in total. The lowest BCUT2D eigenvalue weighted by Gasteiger charge is -2.25. The van der Waals surface area contributed by atoms with Crippen LogP contribution in [0.2, 0.25) is 0 Å². The van der Waals surface area contributed by atoms with Crippen molar-refractivity contribution in [2.75, 3.05) is 0 Å². The summed E-state index contributed by atoms with van der Waals surface area (Å²) < 4.78 is 1.76. The molecule has 1 heterocycles. The highest BCUT2D eigenvalue weighted by molar-refractivity contribution is 9.13. The normalized spacial score (nSPS) is 13.7. The van der Waals surface area contributed by atoms with Crippen molar-refractivity contribution < 1.29 is 15.0 Å². The number of hydrogen-bond acceptors (Lipinski definition) is 3. The molecule has 1 unspecified atom stereocenters. The van der Waals surface area contributed by atoms with Crippen LogP contribution in [0.1, 0.15) is 37.7 Å². The van der Waals surface area contributed by atoms with Gasteiger partial charge < -0.3 is 10.2 Å². The summed E-state index contributed by atoms with van der Waals surface area (Å²) in [7, 11) is 0. The maximum Gasteiger partial charge on any atom is 0.303 e. The predicted molar refractivity (Wildman–Crippen MR) is 75.3 cm³/mol. The standard InChI is InChI=1S/C11H14Br2O3S/c1-11(2,4-8(15)16)3-7(14)10-9(13)6(12)5-17-10/h5,7,14H,3-4H2,1-2H3,(H,15,16). The molecule has 3 nitrogen and oxygen atoms in total. The van der Waals surface area contributed by atoms with Gasteiger partial charge in [-0.3, -0.25) is 4.79 Å². The zero-order chi connectivity index (χ0) is 13.2. The Hall–Kier alpha value is 0.0900. The summed E-state index contributed by atoms with van der Waals surface area (Å²) >= 11 is 8.21. The van der Waals surface area contributed by atoms with Crippen molar-refractivity contribution in [2.45, 2.75) is 32.8 Å². The first-order valence-corrected chi connectivity index (χ1v) is 7.52. The minimum Gasteiger partial charge on any atom is -0.481 e. The van der Waals surface area contributed by atoms with Crippen LogP contribution in [-0.2, 0) is 4.79 Å². The van der Waals surface area contributed by atoms with Gasteiger partial charge in [0.05, 0.1) is 12.5 Å². The molecule has 0 saturated heterocycles. The third-order valence-corrected chi connectivity index (χ3v) is 6.05. The molecule has 0 saturated carbocycles. The Balaban J connectivity index is 2.75. The first-order chi connectivity index (χ1) is 7.73. The van der Waals surface area contributed by atoms with Crippen LogP contribution in [0.3, 0.4) is 0 Å². The van der Waals surface area contributed by atoms with E-state index in [0.717, 1.165) is 13.8 Å². The van der Waals surface area contributed by atoms with Crippen molar-refractivity contribution in [3.8, 4) is 0 Å². The molecular weight excluding hydrogens is 372 g/mol. The smallest absolute Gasteiger partial charge is 0.303 e. The maximum atomic E-state index is 10.7. The second-order valence-electron chi connectivity index (χ2n) is 4.72. The molecule has 0 amide bonds. The summed E-state index contributed by atoms with van der Waals surface area (Å²) in [5.41, 5.74) is -0.429. The third kappa shape index (κ3) is 4.35. The number of aliphatic hydroxyl groups excluding tert-OH is 1. The lowest BCUT2D eigenvalue weighted by molar-refractivity contribution is -0.139. The van der Waals surface area contributed by atoms with Crippen molar-refractivity contribution in [3.63, 3.8) is 0 Å². The van der Waals surface area contributed by atoms with Crippen LogP contribution >= 0.6 is 43.2 Å². The van der Waals surface area contributed by atoms with Gasteiger partial charge in [0, 0.05) is 19.2 Å². The Morgan fingerprint density at radius 2 is 2.12 bits per heavy atom. The quantitative estimate of drug-likeness (QED) is 0.798. The number of rotatable bonds is 5. The highest BCUT2D eigenvalue weighted by Crippen LogP contribution is 2.41. The van der Waals surface area contributed by atoms with E-state index in [-0.39, 0.29) is 6.42 Å². The molecule has 0 radical (unpaired) electrons. The summed E-state index contributed by atoms with van der Waals surface area (Å²) in [4.78, 5) is 11.5. The topological polar surface area (TPSA) is 57.5 Å². The number of carbonyl (C=O) groups is 1. The van der Waals surface area contributed by atoms with E-state index in [9.17, 15) is 9.90 Å².